The average molecular weight is 672 g/mol. The van der Waals surface area contributed by atoms with Crippen LogP contribution in [0.1, 0.15) is 42.1 Å². The Morgan fingerprint density at radius 2 is 1.85 bits per heavy atom. The number of benzene rings is 3. The Morgan fingerprint density at radius 1 is 1.12 bits per heavy atom. The number of hydrogen-bond donors (Lipinski definition) is 0. The van der Waals surface area contributed by atoms with Crippen molar-refractivity contribution < 1.29 is 14.3 Å². The van der Waals surface area contributed by atoms with Gasteiger partial charge in [0.25, 0.3) is 5.56 Å². The molecule has 4 aromatic rings. The van der Waals surface area contributed by atoms with Gasteiger partial charge in [-0.1, -0.05) is 82.6 Å². The third-order valence-corrected chi connectivity index (χ3v) is 8.72. The molecule has 1 atom stereocenters. The number of rotatable bonds is 7. The lowest BCUT2D eigenvalue weighted by molar-refractivity contribution is -0.139. The van der Waals surface area contributed by atoms with E-state index in [9.17, 15) is 9.59 Å². The minimum absolute atomic E-state index is 0.210. The largest absolute Gasteiger partial charge is 0.487 e. The molecule has 0 N–H and O–H groups in total. The Labute approximate surface area is 259 Å². The number of carbonyl (C=O) groups excluding carboxylic acids is 1. The zero-order chi connectivity index (χ0) is 29.3. The maximum Gasteiger partial charge on any atom is 0.338 e. The van der Waals surface area contributed by atoms with Crippen LogP contribution in [0.5, 0.6) is 5.75 Å². The maximum absolute atomic E-state index is 14.0. The number of ether oxygens (including phenoxy) is 2. The van der Waals surface area contributed by atoms with Crippen LogP contribution in [0.4, 0.5) is 0 Å². The number of carbonyl (C=O) groups is 1. The van der Waals surface area contributed by atoms with E-state index in [4.69, 9.17) is 32.7 Å². The molecule has 0 saturated carbocycles. The average Bonchev–Trinajstić information content (AvgIpc) is 3.23. The van der Waals surface area contributed by atoms with Crippen molar-refractivity contribution in [3.05, 3.63) is 128 Å². The van der Waals surface area contributed by atoms with Crippen LogP contribution in [0.2, 0.25) is 10.0 Å². The molecule has 0 fully saturated rings. The van der Waals surface area contributed by atoms with Crippen molar-refractivity contribution in [3.63, 3.8) is 0 Å². The van der Waals surface area contributed by atoms with Crippen LogP contribution < -0.4 is 19.6 Å². The summed E-state index contributed by atoms with van der Waals surface area (Å²) in [7, 11) is 0. The number of hydrogen-bond acceptors (Lipinski definition) is 6. The Kier molecular flexibility index (Phi) is 8.85. The van der Waals surface area contributed by atoms with Gasteiger partial charge in [0.15, 0.2) is 4.80 Å². The van der Waals surface area contributed by atoms with Gasteiger partial charge in [-0.15, -0.1) is 0 Å². The fourth-order valence-corrected chi connectivity index (χ4v) is 6.78. The first-order valence-corrected chi connectivity index (χ1v) is 15.2. The van der Waals surface area contributed by atoms with E-state index in [1.807, 2.05) is 49.4 Å². The molecule has 0 unspecified atom stereocenters. The van der Waals surface area contributed by atoms with E-state index in [0.717, 1.165) is 16.7 Å². The molecule has 3 aromatic carbocycles. The lowest BCUT2D eigenvalue weighted by Gasteiger charge is -2.24. The highest BCUT2D eigenvalue weighted by Gasteiger charge is 2.33. The first-order valence-electron chi connectivity index (χ1n) is 12.8. The van der Waals surface area contributed by atoms with E-state index >= 15 is 0 Å². The molecule has 1 aromatic heterocycles. The number of halogens is 3. The topological polar surface area (TPSA) is 69.9 Å². The molecule has 6 nitrogen and oxygen atoms in total. The number of allylic oxidation sites excluding steroid dienone is 1. The normalized spacial score (nSPS) is 15.0. The molecular weight excluding hydrogens is 647 g/mol. The molecule has 0 spiro atoms. The SMILES string of the molecule is CCOC(=O)C1=C(C)N=c2s/c(=C\c3cc(Cl)cc(Br)c3OCc3ccccc3Cl)c(=O)n2[C@H]1c1ccc(C)cc1. The van der Waals surface area contributed by atoms with Crippen LogP contribution >= 0.6 is 50.5 Å². The Hall–Kier alpha value is -3.17. The lowest BCUT2D eigenvalue weighted by atomic mass is 9.95. The van der Waals surface area contributed by atoms with Gasteiger partial charge in [0, 0.05) is 21.2 Å². The van der Waals surface area contributed by atoms with Gasteiger partial charge in [0.1, 0.15) is 12.4 Å². The summed E-state index contributed by atoms with van der Waals surface area (Å²) < 4.78 is 14.2. The minimum Gasteiger partial charge on any atom is -0.487 e. The van der Waals surface area contributed by atoms with E-state index in [0.29, 0.717) is 46.4 Å². The molecule has 1 aliphatic rings. The quantitative estimate of drug-likeness (QED) is 0.204. The van der Waals surface area contributed by atoms with Crippen molar-refractivity contribution in [2.45, 2.75) is 33.4 Å². The summed E-state index contributed by atoms with van der Waals surface area (Å²) in [6, 6.07) is 18.0. The zero-order valence-corrected chi connectivity index (χ0v) is 26.3. The van der Waals surface area contributed by atoms with Crippen molar-refractivity contribution in [2.75, 3.05) is 6.61 Å². The number of aromatic nitrogens is 1. The summed E-state index contributed by atoms with van der Waals surface area (Å²) in [5.74, 6) is 0.0151. The van der Waals surface area contributed by atoms with Crippen LogP contribution in [-0.2, 0) is 16.1 Å². The molecule has 0 saturated heterocycles. The Bertz CT molecular complexity index is 1860. The van der Waals surface area contributed by atoms with E-state index in [2.05, 4.69) is 20.9 Å². The summed E-state index contributed by atoms with van der Waals surface area (Å²) in [6.07, 6.45) is 1.73. The van der Waals surface area contributed by atoms with E-state index in [-0.39, 0.29) is 18.8 Å². The molecule has 1 aliphatic heterocycles. The van der Waals surface area contributed by atoms with Crippen molar-refractivity contribution in [2.24, 2.45) is 4.99 Å². The van der Waals surface area contributed by atoms with Gasteiger partial charge in [-0.25, -0.2) is 9.79 Å². The van der Waals surface area contributed by atoms with Gasteiger partial charge in [-0.2, -0.15) is 0 Å². The number of thiazole rings is 1. The Balaban J connectivity index is 1.65. The summed E-state index contributed by atoms with van der Waals surface area (Å²) in [5.41, 5.74) is 3.84. The van der Waals surface area contributed by atoms with Gasteiger partial charge in [0.05, 0.1) is 32.9 Å². The fourth-order valence-electron chi connectivity index (χ4n) is 4.60. The van der Waals surface area contributed by atoms with E-state index in [1.54, 1.807) is 42.7 Å². The fraction of sp³-hybridized carbons (Fsp3) is 0.194. The van der Waals surface area contributed by atoms with Crippen molar-refractivity contribution >= 4 is 62.5 Å². The summed E-state index contributed by atoms with van der Waals surface area (Å²) in [4.78, 5) is 32.2. The molecule has 0 bridgehead atoms. The van der Waals surface area contributed by atoms with Gasteiger partial charge in [0.2, 0.25) is 0 Å². The molecule has 0 radical (unpaired) electrons. The second-order valence-corrected chi connectivity index (χ2v) is 12.1. The number of nitrogens with zero attached hydrogens (tertiary/aromatic N) is 2. The molecule has 0 aliphatic carbocycles. The van der Waals surface area contributed by atoms with Gasteiger partial charge >= 0.3 is 5.97 Å². The van der Waals surface area contributed by atoms with Crippen LogP contribution in [0.3, 0.4) is 0 Å². The van der Waals surface area contributed by atoms with Gasteiger partial charge in [-0.3, -0.25) is 9.36 Å². The second kappa shape index (κ2) is 12.4. The van der Waals surface area contributed by atoms with Crippen molar-refractivity contribution in [1.82, 2.24) is 4.57 Å². The zero-order valence-electron chi connectivity index (χ0n) is 22.4. The number of fused-ring (bicyclic) bond motifs is 1. The van der Waals surface area contributed by atoms with Gasteiger partial charge in [-0.05, 0) is 66.5 Å². The second-order valence-electron chi connectivity index (χ2n) is 9.40. The van der Waals surface area contributed by atoms with E-state index < -0.39 is 12.0 Å². The standard InChI is InChI=1S/C31H25BrCl2N2O4S/c1-4-39-30(38)26-18(3)35-31-36(27(26)19-11-9-17(2)10-12-19)29(37)25(41-31)14-21-13-22(33)15-23(32)28(21)40-16-20-7-5-6-8-24(20)34/h5-15,27H,4,16H2,1-3H3/b25-14-/t27-/m0/s1. The molecule has 10 heteroatoms. The third kappa shape index (κ3) is 6.06. The van der Waals surface area contributed by atoms with Crippen LogP contribution in [-0.4, -0.2) is 17.1 Å². The highest BCUT2D eigenvalue weighted by Crippen LogP contribution is 2.35. The molecule has 41 heavy (non-hydrogen) atoms. The molecule has 0 amide bonds. The summed E-state index contributed by atoms with van der Waals surface area (Å²) in [5, 5.41) is 1.07. The first kappa shape index (κ1) is 29.3. The lowest BCUT2D eigenvalue weighted by Crippen LogP contribution is -2.39. The monoisotopic (exact) mass is 670 g/mol. The smallest absolute Gasteiger partial charge is 0.338 e. The van der Waals surface area contributed by atoms with Crippen molar-refractivity contribution in [3.8, 4) is 5.75 Å². The highest BCUT2D eigenvalue weighted by atomic mass is 79.9. The number of esters is 1. The predicted molar refractivity (Wildman–Crippen MR) is 167 cm³/mol. The molecule has 5 rings (SSSR count). The predicted octanol–water partition coefficient (Wildman–Crippen LogP) is 6.76. The third-order valence-electron chi connectivity index (χ3n) is 6.56. The van der Waals surface area contributed by atoms with Crippen LogP contribution in [0.25, 0.3) is 6.08 Å². The minimum atomic E-state index is -0.685. The number of aryl methyl sites for hydroxylation is 1. The van der Waals surface area contributed by atoms with Crippen molar-refractivity contribution in [1.29, 1.82) is 0 Å². The first-order chi connectivity index (χ1) is 19.7. The summed E-state index contributed by atoms with van der Waals surface area (Å²) in [6.45, 7) is 5.92. The Morgan fingerprint density at radius 3 is 2.56 bits per heavy atom. The molecule has 210 valence electrons. The maximum atomic E-state index is 14.0. The summed E-state index contributed by atoms with van der Waals surface area (Å²) >= 11 is 17.5. The van der Waals surface area contributed by atoms with Crippen LogP contribution in [0, 0.1) is 6.92 Å². The van der Waals surface area contributed by atoms with E-state index in [1.165, 1.54) is 11.3 Å². The molecular formula is C31H25BrCl2N2O4S. The van der Waals surface area contributed by atoms with Gasteiger partial charge < -0.3 is 9.47 Å². The van der Waals surface area contributed by atoms with Crippen LogP contribution in [0.15, 0.2) is 86.2 Å². The highest BCUT2D eigenvalue weighted by molar-refractivity contribution is 9.10. The molecule has 2 heterocycles.